The van der Waals surface area contributed by atoms with Gasteiger partial charge in [-0.1, -0.05) is 70.4 Å². The number of ether oxygens (including phenoxy) is 1. The molecule has 3 nitrogen and oxygen atoms in total. The number of carbonyl (C=O) groups is 1. The molecular formula is C18H35NO2. The van der Waals surface area contributed by atoms with Gasteiger partial charge in [0.1, 0.15) is 0 Å². The van der Waals surface area contributed by atoms with Gasteiger partial charge in [-0.3, -0.25) is 4.79 Å². The second-order valence-electron chi connectivity index (χ2n) is 5.94. The van der Waals surface area contributed by atoms with Gasteiger partial charge in [-0.05, 0) is 13.3 Å². The van der Waals surface area contributed by atoms with Gasteiger partial charge in [0.25, 0.3) is 0 Å². The fourth-order valence-electron chi connectivity index (χ4n) is 2.19. The maximum Gasteiger partial charge on any atom is 0.220 e. The lowest BCUT2D eigenvalue weighted by Gasteiger charge is -2.06. The molecule has 124 valence electrons. The Balaban J connectivity index is 3.17. The van der Waals surface area contributed by atoms with Gasteiger partial charge in [-0.15, -0.1) is 0 Å². The molecule has 0 aromatic carbocycles. The number of hydrogen-bond donors (Lipinski definition) is 1. The molecule has 21 heavy (non-hydrogen) atoms. The van der Waals surface area contributed by atoms with Gasteiger partial charge in [-0.2, -0.15) is 0 Å². The van der Waals surface area contributed by atoms with E-state index in [4.69, 9.17) is 4.74 Å². The molecule has 0 aliphatic rings. The first-order valence-corrected chi connectivity index (χ1v) is 8.65. The van der Waals surface area contributed by atoms with Crippen molar-refractivity contribution in [1.82, 2.24) is 5.32 Å². The van der Waals surface area contributed by atoms with Crippen LogP contribution in [0.4, 0.5) is 0 Å². The molecule has 0 bridgehead atoms. The van der Waals surface area contributed by atoms with E-state index in [-0.39, 0.29) is 5.91 Å². The summed E-state index contributed by atoms with van der Waals surface area (Å²) in [4.78, 5) is 11.6. The zero-order valence-corrected chi connectivity index (χ0v) is 14.2. The van der Waals surface area contributed by atoms with Crippen molar-refractivity contribution in [1.29, 1.82) is 0 Å². The maximum absolute atomic E-state index is 11.6. The van der Waals surface area contributed by atoms with Crippen molar-refractivity contribution in [2.75, 3.05) is 19.8 Å². The van der Waals surface area contributed by atoms with Crippen LogP contribution in [-0.2, 0) is 9.53 Å². The normalized spacial score (nSPS) is 10.6. The van der Waals surface area contributed by atoms with Gasteiger partial charge in [0, 0.05) is 13.0 Å². The third-order valence-corrected chi connectivity index (χ3v) is 3.42. The first-order valence-electron chi connectivity index (χ1n) is 8.65. The van der Waals surface area contributed by atoms with Crippen molar-refractivity contribution in [3.05, 3.63) is 12.2 Å². The Kier molecular flexibility index (Phi) is 14.9. The third kappa shape index (κ3) is 17.1. The average molecular weight is 297 g/mol. The molecule has 0 unspecified atom stereocenters. The summed E-state index contributed by atoms with van der Waals surface area (Å²) in [5, 5.41) is 2.89. The van der Waals surface area contributed by atoms with Crippen LogP contribution in [-0.4, -0.2) is 25.7 Å². The molecule has 0 saturated heterocycles. The van der Waals surface area contributed by atoms with E-state index in [0.29, 0.717) is 26.2 Å². The summed E-state index contributed by atoms with van der Waals surface area (Å²) in [5.41, 5.74) is 1.01. The molecule has 0 aliphatic carbocycles. The molecule has 0 atom stereocenters. The summed E-state index contributed by atoms with van der Waals surface area (Å²) < 4.78 is 5.33. The molecule has 0 aliphatic heterocycles. The lowest BCUT2D eigenvalue weighted by molar-refractivity contribution is -0.121. The summed E-state index contributed by atoms with van der Waals surface area (Å²) >= 11 is 0. The van der Waals surface area contributed by atoms with E-state index in [1.54, 1.807) is 0 Å². The van der Waals surface area contributed by atoms with Crippen LogP contribution in [0.3, 0.4) is 0 Å². The summed E-state index contributed by atoms with van der Waals surface area (Å²) in [7, 11) is 0. The standard InChI is InChI=1S/C18H35NO2/c1-4-5-6-7-8-9-10-11-12-13-18(20)19-14-15-21-16-17(2)3/h2,4-16H2,1,3H3,(H,19,20). The lowest BCUT2D eigenvalue weighted by Crippen LogP contribution is -2.27. The molecule has 0 heterocycles. The van der Waals surface area contributed by atoms with Crippen molar-refractivity contribution in [3.8, 4) is 0 Å². The van der Waals surface area contributed by atoms with Crippen LogP contribution in [0.5, 0.6) is 0 Å². The van der Waals surface area contributed by atoms with Crippen LogP contribution >= 0.6 is 0 Å². The van der Waals surface area contributed by atoms with Gasteiger partial charge < -0.3 is 10.1 Å². The van der Waals surface area contributed by atoms with E-state index in [1.165, 1.54) is 51.4 Å². The van der Waals surface area contributed by atoms with E-state index in [2.05, 4.69) is 18.8 Å². The van der Waals surface area contributed by atoms with Gasteiger partial charge in [0.15, 0.2) is 0 Å². The van der Waals surface area contributed by atoms with Crippen molar-refractivity contribution in [2.45, 2.75) is 78.1 Å². The molecule has 0 fully saturated rings. The fourth-order valence-corrected chi connectivity index (χ4v) is 2.19. The van der Waals surface area contributed by atoms with E-state index in [9.17, 15) is 4.79 Å². The van der Waals surface area contributed by atoms with Crippen molar-refractivity contribution >= 4 is 5.91 Å². The van der Waals surface area contributed by atoms with Crippen LogP contribution in [0.1, 0.15) is 78.1 Å². The van der Waals surface area contributed by atoms with Gasteiger partial charge >= 0.3 is 0 Å². The van der Waals surface area contributed by atoms with E-state index >= 15 is 0 Å². The molecule has 3 heteroatoms. The van der Waals surface area contributed by atoms with Gasteiger partial charge in [0.2, 0.25) is 5.91 Å². The molecule has 0 aromatic rings. The van der Waals surface area contributed by atoms with Crippen molar-refractivity contribution in [3.63, 3.8) is 0 Å². The predicted molar refractivity (Wildman–Crippen MR) is 90.5 cm³/mol. The van der Waals surface area contributed by atoms with E-state index in [1.807, 2.05) is 6.92 Å². The van der Waals surface area contributed by atoms with E-state index in [0.717, 1.165) is 12.0 Å². The van der Waals surface area contributed by atoms with Crippen molar-refractivity contribution in [2.24, 2.45) is 0 Å². The van der Waals surface area contributed by atoms with Crippen LogP contribution in [0.2, 0.25) is 0 Å². The molecule has 1 N–H and O–H groups in total. The lowest BCUT2D eigenvalue weighted by atomic mass is 10.1. The molecule has 0 radical (unpaired) electrons. The second-order valence-corrected chi connectivity index (χ2v) is 5.94. The fraction of sp³-hybridized carbons (Fsp3) is 0.833. The number of rotatable bonds is 15. The second kappa shape index (κ2) is 15.6. The Hall–Kier alpha value is -0.830. The van der Waals surface area contributed by atoms with Gasteiger partial charge in [0.05, 0.1) is 13.2 Å². The Morgan fingerprint density at radius 2 is 1.57 bits per heavy atom. The van der Waals surface area contributed by atoms with Crippen LogP contribution in [0, 0.1) is 0 Å². The Morgan fingerprint density at radius 1 is 1.00 bits per heavy atom. The SMILES string of the molecule is C=C(C)COCCNC(=O)CCCCCCCCCCC. The minimum absolute atomic E-state index is 0.150. The molecule has 0 rings (SSSR count). The summed E-state index contributed by atoms with van der Waals surface area (Å²) in [6.45, 7) is 9.69. The van der Waals surface area contributed by atoms with Crippen LogP contribution in [0.25, 0.3) is 0 Å². The zero-order chi connectivity index (χ0) is 15.8. The Bertz CT molecular complexity index is 264. The summed E-state index contributed by atoms with van der Waals surface area (Å²) in [6, 6.07) is 0. The quantitative estimate of drug-likeness (QED) is 0.354. The minimum Gasteiger partial charge on any atom is -0.375 e. The number of nitrogens with one attached hydrogen (secondary N) is 1. The van der Waals surface area contributed by atoms with Gasteiger partial charge in [-0.25, -0.2) is 0 Å². The highest BCUT2D eigenvalue weighted by Crippen LogP contribution is 2.10. The molecule has 0 saturated carbocycles. The predicted octanol–water partition coefficient (Wildman–Crippen LogP) is 4.62. The molecular weight excluding hydrogens is 262 g/mol. The topological polar surface area (TPSA) is 38.3 Å². The molecule has 0 spiro atoms. The average Bonchev–Trinajstić information content (AvgIpc) is 2.45. The zero-order valence-electron chi connectivity index (χ0n) is 14.2. The highest BCUT2D eigenvalue weighted by atomic mass is 16.5. The highest BCUT2D eigenvalue weighted by molar-refractivity contribution is 5.75. The Labute approximate surface area is 131 Å². The third-order valence-electron chi connectivity index (χ3n) is 3.42. The molecule has 1 amide bonds. The first kappa shape index (κ1) is 20.2. The van der Waals surface area contributed by atoms with E-state index < -0.39 is 0 Å². The van der Waals surface area contributed by atoms with Crippen molar-refractivity contribution < 1.29 is 9.53 Å². The summed E-state index contributed by atoms with van der Waals surface area (Å²) in [6.07, 6.45) is 12.2. The smallest absolute Gasteiger partial charge is 0.220 e. The maximum atomic E-state index is 11.6. The highest BCUT2D eigenvalue weighted by Gasteiger charge is 2.00. The number of unbranched alkanes of at least 4 members (excludes halogenated alkanes) is 8. The largest absolute Gasteiger partial charge is 0.375 e. The monoisotopic (exact) mass is 297 g/mol. The molecule has 0 aromatic heterocycles. The summed E-state index contributed by atoms with van der Waals surface area (Å²) in [5.74, 6) is 0.150. The number of hydrogen-bond acceptors (Lipinski definition) is 2. The van der Waals surface area contributed by atoms with Crippen LogP contribution in [0.15, 0.2) is 12.2 Å². The number of amides is 1. The van der Waals surface area contributed by atoms with Crippen LogP contribution < -0.4 is 5.32 Å². The Morgan fingerprint density at radius 3 is 2.14 bits per heavy atom. The number of carbonyl (C=O) groups excluding carboxylic acids is 1. The first-order chi connectivity index (χ1) is 10.2. The minimum atomic E-state index is 0.150.